The molecule has 2 aliphatic rings. The van der Waals surface area contributed by atoms with Crippen molar-refractivity contribution in [3.63, 3.8) is 0 Å². The molecular formula is C26H29N3O5S. The first-order valence-corrected chi connectivity index (χ1v) is 12.6. The SMILES string of the molecule is COc1ccc(CN(Cc2ccc3c(c2)OCO3)Cc2nc(C(=O)N3CCCC3)cs2)c(OC)c1. The molecule has 0 saturated carbocycles. The number of rotatable bonds is 9. The van der Waals surface area contributed by atoms with Crippen LogP contribution in [0.2, 0.25) is 0 Å². The molecule has 0 bridgehead atoms. The Balaban J connectivity index is 1.37. The number of carbonyl (C=O) groups excluding carboxylic acids is 1. The first kappa shape index (κ1) is 23.4. The van der Waals surface area contributed by atoms with Crippen LogP contribution in [0, 0.1) is 0 Å². The van der Waals surface area contributed by atoms with Gasteiger partial charge in [0.25, 0.3) is 5.91 Å². The van der Waals surface area contributed by atoms with Crippen LogP contribution in [0.25, 0.3) is 0 Å². The first-order valence-electron chi connectivity index (χ1n) is 11.7. The summed E-state index contributed by atoms with van der Waals surface area (Å²) in [7, 11) is 3.31. The van der Waals surface area contributed by atoms with Gasteiger partial charge >= 0.3 is 0 Å². The van der Waals surface area contributed by atoms with Gasteiger partial charge in [-0.15, -0.1) is 11.3 Å². The van der Waals surface area contributed by atoms with Crippen molar-refractivity contribution in [3.8, 4) is 23.0 Å². The van der Waals surface area contributed by atoms with E-state index in [2.05, 4.69) is 11.0 Å². The van der Waals surface area contributed by atoms with E-state index in [0.717, 1.165) is 65.1 Å². The zero-order chi connectivity index (χ0) is 24.2. The second kappa shape index (κ2) is 10.5. The summed E-state index contributed by atoms with van der Waals surface area (Å²) >= 11 is 1.53. The standard InChI is InChI=1S/C26H29N3O5S/c1-31-20-7-6-19(23(12-20)32-2)14-28(13-18-5-8-22-24(11-18)34-17-33-22)15-25-27-21(16-35-25)26(30)29-9-3-4-10-29/h5-8,11-12,16H,3-4,9-10,13-15,17H2,1-2H3. The van der Waals surface area contributed by atoms with Crippen molar-refractivity contribution >= 4 is 17.2 Å². The number of thiazole rings is 1. The fourth-order valence-corrected chi connectivity index (χ4v) is 5.25. The molecule has 3 heterocycles. The number of methoxy groups -OCH3 is 2. The quantitative estimate of drug-likeness (QED) is 0.438. The topological polar surface area (TPSA) is 73.4 Å². The van der Waals surface area contributed by atoms with Gasteiger partial charge in [-0.1, -0.05) is 12.1 Å². The summed E-state index contributed by atoms with van der Waals surface area (Å²) in [6, 6.07) is 11.9. The molecule has 0 spiro atoms. The third-order valence-corrected chi connectivity index (χ3v) is 7.09. The van der Waals surface area contributed by atoms with Crippen molar-refractivity contribution in [2.24, 2.45) is 0 Å². The monoisotopic (exact) mass is 495 g/mol. The first-order chi connectivity index (χ1) is 17.1. The minimum atomic E-state index is 0.0316. The summed E-state index contributed by atoms with van der Waals surface area (Å²) in [5.74, 6) is 3.07. The molecule has 5 rings (SSSR count). The van der Waals surface area contributed by atoms with Gasteiger partial charge in [-0.2, -0.15) is 0 Å². The van der Waals surface area contributed by atoms with E-state index in [4.69, 9.17) is 23.9 Å². The fraction of sp³-hybridized carbons (Fsp3) is 0.385. The van der Waals surface area contributed by atoms with Crippen LogP contribution in [0.1, 0.15) is 39.5 Å². The molecule has 1 amide bonds. The molecular weight excluding hydrogens is 466 g/mol. The van der Waals surface area contributed by atoms with E-state index in [1.54, 1.807) is 14.2 Å². The Morgan fingerprint density at radius 3 is 2.66 bits per heavy atom. The second-order valence-corrected chi connectivity index (χ2v) is 9.58. The number of ether oxygens (including phenoxy) is 4. The van der Waals surface area contributed by atoms with Crippen LogP contribution >= 0.6 is 11.3 Å². The second-order valence-electron chi connectivity index (χ2n) is 8.64. The van der Waals surface area contributed by atoms with Gasteiger partial charge in [-0.3, -0.25) is 9.69 Å². The van der Waals surface area contributed by atoms with Crippen LogP contribution in [0.3, 0.4) is 0 Å². The average molecular weight is 496 g/mol. The fourth-order valence-electron chi connectivity index (χ4n) is 4.44. The van der Waals surface area contributed by atoms with Crippen molar-refractivity contribution in [3.05, 3.63) is 63.6 Å². The lowest BCUT2D eigenvalue weighted by Crippen LogP contribution is -2.28. The van der Waals surface area contributed by atoms with Gasteiger partial charge in [0.05, 0.1) is 20.8 Å². The molecule has 2 aliphatic heterocycles. The minimum absolute atomic E-state index is 0.0316. The largest absolute Gasteiger partial charge is 0.497 e. The van der Waals surface area contributed by atoms with Crippen LogP contribution in [-0.2, 0) is 19.6 Å². The van der Waals surface area contributed by atoms with E-state index in [0.29, 0.717) is 25.3 Å². The third kappa shape index (κ3) is 5.36. The molecule has 1 saturated heterocycles. The van der Waals surface area contributed by atoms with Crippen molar-refractivity contribution < 1.29 is 23.7 Å². The number of hydrogen-bond acceptors (Lipinski definition) is 8. The Hall–Kier alpha value is -3.30. The Kier molecular flexibility index (Phi) is 7.06. The number of carbonyl (C=O) groups is 1. The van der Waals surface area contributed by atoms with Crippen LogP contribution in [0.15, 0.2) is 41.8 Å². The lowest BCUT2D eigenvalue weighted by molar-refractivity contribution is 0.0787. The van der Waals surface area contributed by atoms with Crippen molar-refractivity contribution in [1.29, 1.82) is 0 Å². The van der Waals surface area contributed by atoms with Gasteiger partial charge in [0, 0.05) is 43.2 Å². The third-order valence-electron chi connectivity index (χ3n) is 6.25. The maximum absolute atomic E-state index is 12.8. The van der Waals surface area contributed by atoms with Crippen LogP contribution in [0.4, 0.5) is 0 Å². The van der Waals surface area contributed by atoms with E-state index in [1.165, 1.54) is 11.3 Å². The molecule has 184 valence electrons. The highest BCUT2D eigenvalue weighted by Crippen LogP contribution is 2.33. The molecule has 35 heavy (non-hydrogen) atoms. The number of amides is 1. The van der Waals surface area contributed by atoms with Crippen molar-refractivity contribution in [1.82, 2.24) is 14.8 Å². The van der Waals surface area contributed by atoms with E-state index in [9.17, 15) is 4.79 Å². The zero-order valence-electron chi connectivity index (χ0n) is 20.0. The smallest absolute Gasteiger partial charge is 0.273 e. The van der Waals surface area contributed by atoms with Gasteiger partial charge < -0.3 is 23.8 Å². The number of fused-ring (bicyclic) bond motifs is 1. The van der Waals surface area contributed by atoms with Crippen LogP contribution in [-0.4, -0.2) is 54.8 Å². The van der Waals surface area contributed by atoms with Gasteiger partial charge in [0.15, 0.2) is 11.5 Å². The van der Waals surface area contributed by atoms with Crippen LogP contribution < -0.4 is 18.9 Å². The molecule has 0 unspecified atom stereocenters. The maximum atomic E-state index is 12.8. The molecule has 9 heteroatoms. The molecule has 8 nitrogen and oxygen atoms in total. The van der Waals surface area contributed by atoms with Gasteiger partial charge in [-0.05, 0) is 36.6 Å². The number of hydrogen-bond donors (Lipinski definition) is 0. The summed E-state index contributed by atoms with van der Waals surface area (Å²) in [6.45, 7) is 3.79. The molecule has 2 aromatic carbocycles. The normalized spacial score (nSPS) is 14.5. The Labute approximate surface area is 209 Å². The molecule has 1 fully saturated rings. The molecule has 3 aromatic rings. The highest BCUT2D eigenvalue weighted by Gasteiger charge is 2.23. The van der Waals surface area contributed by atoms with E-state index >= 15 is 0 Å². The van der Waals surface area contributed by atoms with E-state index in [1.807, 2.05) is 40.6 Å². The summed E-state index contributed by atoms with van der Waals surface area (Å²) in [5, 5.41) is 2.78. The molecule has 0 radical (unpaired) electrons. The Morgan fingerprint density at radius 2 is 1.86 bits per heavy atom. The van der Waals surface area contributed by atoms with Crippen LogP contribution in [0.5, 0.6) is 23.0 Å². The molecule has 0 atom stereocenters. The summed E-state index contributed by atoms with van der Waals surface area (Å²) < 4.78 is 22.0. The Bertz CT molecular complexity index is 1190. The maximum Gasteiger partial charge on any atom is 0.273 e. The predicted molar refractivity (Wildman–Crippen MR) is 132 cm³/mol. The van der Waals surface area contributed by atoms with Gasteiger partial charge in [0.1, 0.15) is 22.2 Å². The van der Waals surface area contributed by atoms with Crippen molar-refractivity contribution in [2.45, 2.75) is 32.5 Å². The summed E-state index contributed by atoms with van der Waals surface area (Å²) in [6.07, 6.45) is 2.13. The lowest BCUT2D eigenvalue weighted by atomic mass is 10.1. The zero-order valence-corrected chi connectivity index (χ0v) is 20.8. The highest BCUT2D eigenvalue weighted by atomic mass is 32.1. The summed E-state index contributed by atoms with van der Waals surface area (Å²) in [4.78, 5) is 21.7. The van der Waals surface area contributed by atoms with E-state index < -0.39 is 0 Å². The Morgan fingerprint density at radius 1 is 1.03 bits per heavy atom. The number of benzene rings is 2. The number of aromatic nitrogens is 1. The van der Waals surface area contributed by atoms with Gasteiger partial charge in [-0.25, -0.2) is 4.98 Å². The van der Waals surface area contributed by atoms with E-state index in [-0.39, 0.29) is 12.7 Å². The number of nitrogens with zero attached hydrogens (tertiary/aromatic N) is 3. The minimum Gasteiger partial charge on any atom is -0.497 e. The number of likely N-dealkylation sites (tertiary alicyclic amines) is 1. The lowest BCUT2D eigenvalue weighted by Gasteiger charge is -2.23. The van der Waals surface area contributed by atoms with Crippen molar-refractivity contribution in [2.75, 3.05) is 34.1 Å². The predicted octanol–water partition coefficient (Wildman–Crippen LogP) is 4.33. The molecule has 1 aromatic heterocycles. The highest BCUT2D eigenvalue weighted by molar-refractivity contribution is 7.09. The molecule has 0 N–H and O–H groups in total. The van der Waals surface area contributed by atoms with Gasteiger partial charge in [0.2, 0.25) is 6.79 Å². The average Bonchev–Trinajstić information content (AvgIpc) is 3.65. The molecule has 0 aliphatic carbocycles. The summed E-state index contributed by atoms with van der Waals surface area (Å²) in [5.41, 5.74) is 2.68.